The standard InChI is InChI=1S/C20H26N2O4/c1-4-25-19-7-5-6-16(14-19)15-21-20(23)22(2)12-13-26-18-10-8-17(24-3)9-11-18/h5-11,14H,4,12-13,15H2,1-3H3,(H,21,23). The Morgan fingerprint density at radius 1 is 1.04 bits per heavy atom. The molecule has 2 amide bonds. The normalized spacial score (nSPS) is 10.1. The first kappa shape index (κ1) is 19.4. The Bertz CT molecular complexity index is 688. The van der Waals surface area contributed by atoms with Crippen molar-refractivity contribution in [1.82, 2.24) is 10.2 Å². The van der Waals surface area contributed by atoms with Crippen molar-refractivity contribution in [3.63, 3.8) is 0 Å². The van der Waals surface area contributed by atoms with Gasteiger partial charge in [0, 0.05) is 13.6 Å². The van der Waals surface area contributed by atoms with Crippen molar-refractivity contribution in [2.75, 3.05) is 33.9 Å². The number of urea groups is 1. The predicted molar refractivity (Wildman–Crippen MR) is 101 cm³/mol. The number of hydrogen-bond acceptors (Lipinski definition) is 4. The second-order valence-electron chi connectivity index (χ2n) is 5.68. The Balaban J connectivity index is 1.72. The summed E-state index contributed by atoms with van der Waals surface area (Å²) in [4.78, 5) is 13.8. The van der Waals surface area contributed by atoms with Crippen molar-refractivity contribution in [3.05, 3.63) is 54.1 Å². The van der Waals surface area contributed by atoms with Crippen molar-refractivity contribution in [1.29, 1.82) is 0 Å². The fourth-order valence-electron chi connectivity index (χ4n) is 2.30. The summed E-state index contributed by atoms with van der Waals surface area (Å²) in [6, 6.07) is 14.9. The van der Waals surface area contributed by atoms with Gasteiger partial charge in [-0.3, -0.25) is 0 Å². The van der Waals surface area contributed by atoms with Crippen molar-refractivity contribution in [2.45, 2.75) is 13.5 Å². The summed E-state index contributed by atoms with van der Waals surface area (Å²) >= 11 is 0. The van der Waals surface area contributed by atoms with Crippen molar-refractivity contribution in [2.24, 2.45) is 0 Å². The molecule has 0 aliphatic rings. The van der Waals surface area contributed by atoms with Crippen LogP contribution in [0.25, 0.3) is 0 Å². The minimum atomic E-state index is -0.148. The zero-order chi connectivity index (χ0) is 18.8. The highest BCUT2D eigenvalue weighted by molar-refractivity contribution is 5.73. The van der Waals surface area contributed by atoms with Crippen LogP contribution in [0.1, 0.15) is 12.5 Å². The molecule has 0 radical (unpaired) electrons. The summed E-state index contributed by atoms with van der Waals surface area (Å²) in [6.07, 6.45) is 0. The van der Waals surface area contributed by atoms with Gasteiger partial charge in [-0.15, -0.1) is 0 Å². The number of carbonyl (C=O) groups excluding carboxylic acids is 1. The molecule has 2 aromatic carbocycles. The molecule has 1 N–H and O–H groups in total. The second kappa shape index (κ2) is 10.2. The lowest BCUT2D eigenvalue weighted by molar-refractivity contribution is 0.195. The molecule has 0 aliphatic heterocycles. The Morgan fingerprint density at radius 2 is 1.77 bits per heavy atom. The first-order valence-corrected chi connectivity index (χ1v) is 8.60. The largest absolute Gasteiger partial charge is 0.497 e. The monoisotopic (exact) mass is 358 g/mol. The molecule has 0 aliphatic carbocycles. The van der Waals surface area contributed by atoms with Gasteiger partial charge in [0.1, 0.15) is 23.9 Å². The van der Waals surface area contributed by atoms with Crippen molar-refractivity contribution >= 4 is 6.03 Å². The number of methoxy groups -OCH3 is 1. The highest BCUT2D eigenvalue weighted by Crippen LogP contribution is 2.17. The Morgan fingerprint density at radius 3 is 2.46 bits per heavy atom. The van der Waals surface area contributed by atoms with Gasteiger partial charge in [-0.1, -0.05) is 12.1 Å². The number of benzene rings is 2. The molecule has 26 heavy (non-hydrogen) atoms. The SMILES string of the molecule is CCOc1cccc(CNC(=O)N(C)CCOc2ccc(OC)cc2)c1. The number of rotatable bonds is 9. The summed E-state index contributed by atoms with van der Waals surface area (Å²) in [7, 11) is 3.36. The topological polar surface area (TPSA) is 60.0 Å². The van der Waals surface area contributed by atoms with Gasteiger partial charge in [0.05, 0.1) is 20.3 Å². The van der Waals surface area contributed by atoms with Crippen LogP contribution in [0.3, 0.4) is 0 Å². The molecule has 0 spiro atoms. The molecule has 0 bridgehead atoms. The number of likely N-dealkylation sites (N-methyl/N-ethyl adjacent to an activating group) is 1. The summed E-state index contributed by atoms with van der Waals surface area (Å²) in [5, 5.41) is 2.89. The van der Waals surface area contributed by atoms with Crippen LogP contribution in [0, 0.1) is 0 Å². The molecule has 0 unspecified atom stereocenters. The van der Waals surface area contributed by atoms with Crippen LogP contribution in [0.15, 0.2) is 48.5 Å². The van der Waals surface area contributed by atoms with Gasteiger partial charge < -0.3 is 24.4 Å². The average molecular weight is 358 g/mol. The van der Waals surface area contributed by atoms with Gasteiger partial charge in [0.25, 0.3) is 0 Å². The van der Waals surface area contributed by atoms with Gasteiger partial charge in [-0.2, -0.15) is 0 Å². The third-order valence-corrected chi connectivity index (χ3v) is 3.75. The number of amides is 2. The molecule has 2 aromatic rings. The number of carbonyl (C=O) groups is 1. The van der Waals surface area contributed by atoms with E-state index in [9.17, 15) is 4.79 Å². The lowest BCUT2D eigenvalue weighted by atomic mass is 10.2. The van der Waals surface area contributed by atoms with Crippen molar-refractivity contribution < 1.29 is 19.0 Å². The predicted octanol–water partition coefficient (Wildman–Crippen LogP) is 3.31. The number of nitrogens with one attached hydrogen (secondary N) is 1. The summed E-state index contributed by atoms with van der Waals surface area (Å²) in [5.74, 6) is 2.33. The molecule has 0 aromatic heterocycles. The zero-order valence-electron chi connectivity index (χ0n) is 15.5. The molecule has 2 rings (SSSR count). The third-order valence-electron chi connectivity index (χ3n) is 3.75. The van der Waals surface area contributed by atoms with E-state index >= 15 is 0 Å². The van der Waals surface area contributed by atoms with E-state index in [0.29, 0.717) is 26.3 Å². The van der Waals surface area contributed by atoms with E-state index in [1.165, 1.54) is 0 Å². The van der Waals surface area contributed by atoms with Crippen LogP contribution < -0.4 is 19.5 Å². The molecule has 0 atom stereocenters. The quantitative estimate of drug-likeness (QED) is 0.747. The molecule has 0 saturated heterocycles. The van der Waals surface area contributed by atoms with Gasteiger partial charge >= 0.3 is 6.03 Å². The highest BCUT2D eigenvalue weighted by Gasteiger charge is 2.08. The second-order valence-corrected chi connectivity index (χ2v) is 5.68. The molecule has 6 nitrogen and oxygen atoms in total. The van der Waals surface area contributed by atoms with E-state index in [1.807, 2.05) is 55.5 Å². The third kappa shape index (κ3) is 6.20. The van der Waals surface area contributed by atoms with Crippen LogP contribution in [0.5, 0.6) is 17.2 Å². The van der Waals surface area contributed by atoms with E-state index in [-0.39, 0.29) is 6.03 Å². The lowest BCUT2D eigenvalue weighted by Crippen LogP contribution is -2.39. The molecule has 0 heterocycles. The van der Waals surface area contributed by atoms with Crippen LogP contribution in [0.2, 0.25) is 0 Å². The van der Waals surface area contributed by atoms with Gasteiger partial charge in [-0.25, -0.2) is 4.79 Å². The van der Waals surface area contributed by atoms with Gasteiger partial charge in [-0.05, 0) is 48.9 Å². The molecule has 0 saturated carbocycles. The summed E-state index contributed by atoms with van der Waals surface area (Å²) in [5.41, 5.74) is 0.993. The number of hydrogen-bond donors (Lipinski definition) is 1. The zero-order valence-corrected chi connectivity index (χ0v) is 15.5. The Labute approximate surface area is 154 Å². The molecule has 0 fully saturated rings. The van der Waals surface area contributed by atoms with Crippen LogP contribution in [0.4, 0.5) is 4.79 Å². The minimum Gasteiger partial charge on any atom is -0.497 e. The van der Waals surface area contributed by atoms with E-state index in [4.69, 9.17) is 14.2 Å². The molecular formula is C20H26N2O4. The van der Waals surface area contributed by atoms with Gasteiger partial charge in [0.2, 0.25) is 0 Å². The van der Waals surface area contributed by atoms with Gasteiger partial charge in [0.15, 0.2) is 0 Å². The van der Waals surface area contributed by atoms with Crippen LogP contribution >= 0.6 is 0 Å². The fraction of sp³-hybridized carbons (Fsp3) is 0.350. The lowest BCUT2D eigenvalue weighted by Gasteiger charge is -2.18. The smallest absolute Gasteiger partial charge is 0.317 e. The first-order chi connectivity index (χ1) is 12.6. The fourth-order valence-corrected chi connectivity index (χ4v) is 2.30. The van der Waals surface area contributed by atoms with E-state index in [2.05, 4.69) is 5.32 Å². The van der Waals surface area contributed by atoms with E-state index in [0.717, 1.165) is 22.8 Å². The number of nitrogens with zero attached hydrogens (tertiary/aromatic N) is 1. The van der Waals surface area contributed by atoms with Crippen molar-refractivity contribution in [3.8, 4) is 17.2 Å². The summed E-state index contributed by atoms with van der Waals surface area (Å²) < 4.78 is 16.2. The molecule has 140 valence electrons. The molecular weight excluding hydrogens is 332 g/mol. The Hall–Kier alpha value is -2.89. The highest BCUT2D eigenvalue weighted by atomic mass is 16.5. The first-order valence-electron chi connectivity index (χ1n) is 8.60. The minimum absolute atomic E-state index is 0.148. The Kier molecular flexibility index (Phi) is 7.61. The van der Waals surface area contributed by atoms with E-state index < -0.39 is 0 Å². The summed E-state index contributed by atoms with van der Waals surface area (Å²) in [6.45, 7) is 3.90. The maximum absolute atomic E-state index is 12.2. The average Bonchev–Trinajstić information content (AvgIpc) is 2.67. The molecule has 6 heteroatoms. The van der Waals surface area contributed by atoms with Crippen LogP contribution in [-0.4, -0.2) is 44.8 Å². The maximum atomic E-state index is 12.2. The number of ether oxygens (including phenoxy) is 3. The van der Waals surface area contributed by atoms with Crippen LogP contribution in [-0.2, 0) is 6.54 Å². The maximum Gasteiger partial charge on any atom is 0.317 e. The van der Waals surface area contributed by atoms with E-state index in [1.54, 1.807) is 19.1 Å².